The second kappa shape index (κ2) is 5.39. The minimum Gasteiger partial charge on any atom is -0.469 e. The normalized spacial score (nSPS) is 11.4. The molecule has 1 aromatic heterocycles. The quantitative estimate of drug-likeness (QED) is 0.503. The number of hydrogen-bond donors (Lipinski definition) is 2. The number of anilines is 1. The molecule has 5 heteroatoms. The standard InChI is InChI=1S/C14H15N3O2/c1-9(11-3-5-12(15)6-4-11)16-17-14(18)13-7-8-19-10(13)2/h3-8H,15H2,1-2H3,(H,17,18). The van der Waals surface area contributed by atoms with E-state index in [9.17, 15) is 4.79 Å². The topological polar surface area (TPSA) is 80.6 Å². The number of aryl methyl sites for hydroxylation is 1. The largest absolute Gasteiger partial charge is 0.469 e. The fourth-order valence-electron chi connectivity index (χ4n) is 1.60. The van der Waals surface area contributed by atoms with Gasteiger partial charge < -0.3 is 10.2 Å². The van der Waals surface area contributed by atoms with E-state index >= 15 is 0 Å². The number of hydrogen-bond acceptors (Lipinski definition) is 4. The number of hydrazone groups is 1. The molecule has 0 radical (unpaired) electrons. The van der Waals surface area contributed by atoms with Gasteiger partial charge >= 0.3 is 0 Å². The van der Waals surface area contributed by atoms with Gasteiger partial charge in [-0.1, -0.05) is 12.1 Å². The van der Waals surface area contributed by atoms with E-state index in [1.165, 1.54) is 6.26 Å². The summed E-state index contributed by atoms with van der Waals surface area (Å²) in [4.78, 5) is 11.8. The summed E-state index contributed by atoms with van der Waals surface area (Å²) in [6.45, 7) is 3.54. The van der Waals surface area contributed by atoms with Crippen molar-refractivity contribution in [2.45, 2.75) is 13.8 Å². The van der Waals surface area contributed by atoms with Crippen LogP contribution in [0.15, 0.2) is 46.1 Å². The van der Waals surface area contributed by atoms with Gasteiger partial charge in [-0.2, -0.15) is 5.10 Å². The molecule has 0 saturated carbocycles. The summed E-state index contributed by atoms with van der Waals surface area (Å²) in [5.74, 6) is 0.277. The summed E-state index contributed by atoms with van der Waals surface area (Å²) >= 11 is 0. The Morgan fingerprint density at radius 2 is 1.95 bits per heavy atom. The molecule has 98 valence electrons. The number of furan rings is 1. The average Bonchev–Trinajstić information content (AvgIpc) is 2.83. The van der Waals surface area contributed by atoms with Crippen LogP contribution in [0.25, 0.3) is 0 Å². The van der Waals surface area contributed by atoms with Crippen LogP contribution >= 0.6 is 0 Å². The van der Waals surface area contributed by atoms with Crippen LogP contribution in [0.1, 0.15) is 28.6 Å². The molecule has 5 nitrogen and oxygen atoms in total. The van der Waals surface area contributed by atoms with Crippen LogP contribution in [-0.4, -0.2) is 11.6 Å². The van der Waals surface area contributed by atoms with E-state index < -0.39 is 0 Å². The molecule has 3 N–H and O–H groups in total. The van der Waals surface area contributed by atoms with Gasteiger partial charge in [-0.15, -0.1) is 0 Å². The summed E-state index contributed by atoms with van der Waals surface area (Å²) in [5.41, 5.74) is 10.9. The second-order valence-electron chi connectivity index (χ2n) is 4.15. The van der Waals surface area contributed by atoms with Crippen LogP contribution in [-0.2, 0) is 0 Å². The molecular weight excluding hydrogens is 242 g/mol. The lowest BCUT2D eigenvalue weighted by molar-refractivity contribution is 0.0953. The Balaban J connectivity index is 2.08. The van der Waals surface area contributed by atoms with Gasteiger partial charge in [0.25, 0.3) is 5.91 Å². The molecule has 2 rings (SSSR count). The summed E-state index contributed by atoms with van der Waals surface area (Å²) in [7, 11) is 0. The molecule has 0 aliphatic carbocycles. The number of benzene rings is 1. The van der Waals surface area contributed by atoms with E-state index in [1.54, 1.807) is 25.1 Å². The van der Waals surface area contributed by atoms with Gasteiger partial charge in [0, 0.05) is 5.69 Å². The molecule has 1 amide bonds. The molecule has 0 atom stereocenters. The highest BCUT2D eigenvalue weighted by Crippen LogP contribution is 2.09. The summed E-state index contributed by atoms with van der Waals surface area (Å²) in [6, 6.07) is 8.89. The summed E-state index contributed by atoms with van der Waals surface area (Å²) < 4.78 is 5.07. The Hall–Kier alpha value is -2.56. The first kappa shape index (κ1) is 12.9. The number of nitrogens with two attached hydrogens (primary N) is 1. The maximum atomic E-state index is 11.8. The molecule has 0 unspecified atom stereocenters. The molecule has 0 aliphatic rings. The van der Waals surface area contributed by atoms with E-state index in [-0.39, 0.29) is 5.91 Å². The van der Waals surface area contributed by atoms with Gasteiger partial charge in [0.05, 0.1) is 17.5 Å². The Labute approximate surface area is 111 Å². The number of carbonyl (C=O) groups excluding carboxylic acids is 1. The zero-order valence-corrected chi connectivity index (χ0v) is 10.8. The minimum absolute atomic E-state index is 0.291. The molecule has 19 heavy (non-hydrogen) atoms. The molecular formula is C14H15N3O2. The summed E-state index contributed by atoms with van der Waals surface area (Å²) in [6.07, 6.45) is 1.47. The van der Waals surface area contributed by atoms with E-state index in [1.807, 2.05) is 19.1 Å². The monoisotopic (exact) mass is 257 g/mol. The molecule has 0 fully saturated rings. The van der Waals surface area contributed by atoms with Crippen molar-refractivity contribution < 1.29 is 9.21 Å². The van der Waals surface area contributed by atoms with Crippen molar-refractivity contribution in [1.82, 2.24) is 5.43 Å². The lowest BCUT2D eigenvalue weighted by Crippen LogP contribution is -2.19. The van der Waals surface area contributed by atoms with Crippen molar-refractivity contribution >= 4 is 17.3 Å². The zero-order valence-electron chi connectivity index (χ0n) is 10.8. The van der Waals surface area contributed by atoms with E-state index in [0.29, 0.717) is 22.7 Å². The smallest absolute Gasteiger partial charge is 0.274 e. The van der Waals surface area contributed by atoms with E-state index in [2.05, 4.69) is 10.5 Å². The molecule has 0 aliphatic heterocycles. The number of carbonyl (C=O) groups is 1. The van der Waals surface area contributed by atoms with Crippen molar-refractivity contribution in [2.24, 2.45) is 5.10 Å². The van der Waals surface area contributed by atoms with Crippen molar-refractivity contribution in [3.63, 3.8) is 0 Å². The van der Waals surface area contributed by atoms with Crippen molar-refractivity contribution in [2.75, 3.05) is 5.73 Å². The highest BCUT2D eigenvalue weighted by Gasteiger charge is 2.10. The Morgan fingerprint density at radius 3 is 2.53 bits per heavy atom. The second-order valence-corrected chi connectivity index (χ2v) is 4.15. The van der Waals surface area contributed by atoms with Gasteiger partial charge in [-0.05, 0) is 37.6 Å². The van der Waals surface area contributed by atoms with E-state index in [0.717, 1.165) is 5.56 Å². The number of nitrogens with one attached hydrogen (secondary N) is 1. The van der Waals surface area contributed by atoms with Crippen molar-refractivity contribution in [1.29, 1.82) is 0 Å². The Morgan fingerprint density at radius 1 is 1.26 bits per heavy atom. The number of amides is 1. The highest BCUT2D eigenvalue weighted by atomic mass is 16.3. The summed E-state index contributed by atoms with van der Waals surface area (Å²) in [5, 5.41) is 4.06. The van der Waals surface area contributed by atoms with Crippen molar-refractivity contribution in [3.05, 3.63) is 53.5 Å². The highest BCUT2D eigenvalue weighted by molar-refractivity contribution is 6.01. The fraction of sp³-hybridized carbons (Fsp3) is 0.143. The van der Waals surface area contributed by atoms with Gasteiger partial charge in [0.2, 0.25) is 0 Å². The maximum absolute atomic E-state index is 11.8. The van der Waals surface area contributed by atoms with Crippen molar-refractivity contribution in [3.8, 4) is 0 Å². The Bertz CT molecular complexity index is 612. The first-order valence-corrected chi connectivity index (χ1v) is 5.82. The lowest BCUT2D eigenvalue weighted by atomic mass is 10.1. The third-order valence-corrected chi connectivity index (χ3v) is 2.76. The first-order chi connectivity index (χ1) is 9.08. The van der Waals surface area contributed by atoms with Crippen LogP contribution in [0.5, 0.6) is 0 Å². The third kappa shape index (κ3) is 3.01. The molecule has 1 heterocycles. The molecule has 0 saturated heterocycles. The zero-order chi connectivity index (χ0) is 13.8. The maximum Gasteiger partial charge on any atom is 0.274 e. The first-order valence-electron chi connectivity index (χ1n) is 5.82. The van der Waals surface area contributed by atoms with E-state index in [4.69, 9.17) is 10.2 Å². The third-order valence-electron chi connectivity index (χ3n) is 2.76. The predicted molar refractivity (Wildman–Crippen MR) is 74.0 cm³/mol. The van der Waals surface area contributed by atoms with Gasteiger partial charge in [-0.3, -0.25) is 4.79 Å². The Kier molecular flexibility index (Phi) is 3.66. The molecule has 1 aromatic carbocycles. The van der Waals surface area contributed by atoms with Crippen LogP contribution < -0.4 is 11.2 Å². The molecule has 0 spiro atoms. The average molecular weight is 257 g/mol. The van der Waals surface area contributed by atoms with Crippen LogP contribution in [0, 0.1) is 6.92 Å². The van der Waals surface area contributed by atoms with Gasteiger partial charge in [0.1, 0.15) is 5.76 Å². The van der Waals surface area contributed by atoms with Gasteiger partial charge in [-0.25, -0.2) is 5.43 Å². The van der Waals surface area contributed by atoms with Crippen LogP contribution in [0.3, 0.4) is 0 Å². The number of nitrogens with zero attached hydrogens (tertiary/aromatic N) is 1. The van der Waals surface area contributed by atoms with Crippen LogP contribution in [0.2, 0.25) is 0 Å². The molecule has 0 bridgehead atoms. The van der Waals surface area contributed by atoms with Gasteiger partial charge in [0.15, 0.2) is 0 Å². The predicted octanol–water partition coefficient (Wildman–Crippen LogP) is 2.32. The fourth-order valence-corrected chi connectivity index (χ4v) is 1.60. The number of nitrogen functional groups attached to an aromatic ring is 1. The number of rotatable bonds is 3. The lowest BCUT2D eigenvalue weighted by Gasteiger charge is -2.02. The minimum atomic E-state index is -0.291. The molecule has 2 aromatic rings. The van der Waals surface area contributed by atoms with Crippen LogP contribution in [0.4, 0.5) is 5.69 Å². The SMILES string of the molecule is CC(=NNC(=O)c1ccoc1C)c1ccc(N)cc1.